The first-order chi connectivity index (χ1) is 23.4. The molecule has 7 rings (SSSR count). The summed E-state index contributed by atoms with van der Waals surface area (Å²) < 4.78 is 10.8. The number of benzene rings is 2. The van der Waals surface area contributed by atoms with Crippen molar-refractivity contribution in [3.63, 3.8) is 0 Å². The number of aromatic amines is 2. The zero-order chi connectivity index (χ0) is 33.3. The SMILES string of the molecule is C1=Cc2cc3ccc(cc4ccc(cc5nc(cc1n2)C=C5)[nH]4)[nH]3.CCOC(=O)CCC(OCC(O)CO)c1cccc2ccccc12. The summed E-state index contributed by atoms with van der Waals surface area (Å²) in [5.41, 5.74) is 8.82. The molecule has 0 fully saturated rings. The zero-order valence-electron chi connectivity index (χ0n) is 26.7. The molecule has 5 heterocycles. The Labute approximate surface area is 278 Å². The second-order valence-electron chi connectivity index (χ2n) is 11.5. The number of H-pyrrole nitrogens is 2. The Morgan fingerprint density at radius 3 is 1.92 bits per heavy atom. The van der Waals surface area contributed by atoms with Gasteiger partial charge in [0.05, 0.1) is 48.7 Å². The lowest BCUT2D eigenvalue weighted by Crippen LogP contribution is -2.22. The summed E-state index contributed by atoms with van der Waals surface area (Å²) in [6.45, 7) is 1.77. The third-order valence-corrected chi connectivity index (χ3v) is 7.83. The molecule has 3 aromatic heterocycles. The highest BCUT2D eigenvalue weighted by molar-refractivity contribution is 5.86. The van der Waals surface area contributed by atoms with E-state index in [4.69, 9.17) is 14.6 Å². The smallest absolute Gasteiger partial charge is 0.305 e. The van der Waals surface area contributed by atoms with Crippen LogP contribution in [-0.2, 0) is 14.3 Å². The lowest BCUT2D eigenvalue weighted by molar-refractivity contribution is -0.144. The van der Waals surface area contributed by atoms with Gasteiger partial charge in [0.2, 0.25) is 0 Å². The average Bonchev–Trinajstić information content (AvgIpc) is 3.92. The predicted octanol–water partition coefficient (Wildman–Crippen LogP) is 7.25. The van der Waals surface area contributed by atoms with E-state index in [1.54, 1.807) is 6.92 Å². The first-order valence-electron chi connectivity index (χ1n) is 16.0. The lowest BCUT2D eigenvalue weighted by atomic mass is 9.97. The highest BCUT2D eigenvalue weighted by atomic mass is 16.5. The molecule has 2 aliphatic rings. The number of rotatable bonds is 9. The molecule has 244 valence electrons. The third-order valence-electron chi connectivity index (χ3n) is 7.83. The Morgan fingerprint density at radius 1 is 0.750 bits per heavy atom. The van der Waals surface area contributed by atoms with Crippen molar-refractivity contribution >= 4 is 63.1 Å². The summed E-state index contributed by atoms with van der Waals surface area (Å²) >= 11 is 0. The topological polar surface area (TPSA) is 133 Å². The van der Waals surface area contributed by atoms with Gasteiger partial charge in [0.1, 0.15) is 6.10 Å². The number of fused-ring (bicyclic) bond motifs is 9. The number of aliphatic hydroxyl groups is 2. The van der Waals surface area contributed by atoms with Crippen molar-refractivity contribution in [2.45, 2.75) is 32.0 Å². The van der Waals surface area contributed by atoms with Crippen LogP contribution in [0.4, 0.5) is 0 Å². The standard InChI is InChI=1S/C20H14N4.C19H24O5/c1-2-14-10-16-5-6-18(23-16)12-20-8-7-19(24-20)11-17-4-3-15(22-17)9-13(1)21-14;1-2-23-19(22)11-10-18(24-13-15(21)12-20)17-9-5-7-14-6-3-4-8-16(14)17/h1-12,21-22H;3-9,15,18,20-21H,2,10-13H2,1H3. The molecule has 2 atom stereocenters. The van der Waals surface area contributed by atoms with Crippen LogP contribution in [0.3, 0.4) is 0 Å². The van der Waals surface area contributed by atoms with Crippen LogP contribution < -0.4 is 0 Å². The van der Waals surface area contributed by atoms with Gasteiger partial charge in [0.15, 0.2) is 0 Å². The van der Waals surface area contributed by atoms with E-state index in [2.05, 4.69) is 50.3 Å². The average molecular weight is 643 g/mol. The predicted molar refractivity (Wildman–Crippen MR) is 190 cm³/mol. The van der Waals surface area contributed by atoms with Gasteiger partial charge < -0.3 is 29.7 Å². The van der Waals surface area contributed by atoms with Crippen LogP contribution in [0.2, 0.25) is 0 Å². The van der Waals surface area contributed by atoms with Crippen LogP contribution in [0.1, 0.15) is 54.2 Å². The number of carbonyl (C=O) groups excluding carboxylic acids is 1. The van der Waals surface area contributed by atoms with Crippen molar-refractivity contribution in [3.8, 4) is 0 Å². The van der Waals surface area contributed by atoms with Crippen molar-refractivity contribution in [3.05, 3.63) is 119 Å². The highest BCUT2D eigenvalue weighted by Crippen LogP contribution is 2.30. The molecule has 2 aromatic carbocycles. The number of nitrogens with one attached hydrogen (secondary N) is 2. The molecule has 9 heteroatoms. The van der Waals surface area contributed by atoms with E-state index in [-0.39, 0.29) is 31.7 Å². The molecular weight excluding hydrogens is 604 g/mol. The van der Waals surface area contributed by atoms with Gasteiger partial charge in [-0.2, -0.15) is 0 Å². The number of hydrogen-bond acceptors (Lipinski definition) is 7. The zero-order valence-corrected chi connectivity index (χ0v) is 26.7. The van der Waals surface area contributed by atoms with E-state index in [0.29, 0.717) is 13.0 Å². The number of ether oxygens (including phenoxy) is 2. The van der Waals surface area contributed by atoms with Crippen LogP contribution in [-0.4, -0.2) is 62.0 Å². The molecule has 0 spiro atoms. The molecule has 0 amide bonds. The summed E-state index contributed by atoms with van der Waals surface area (Å²) in [5, 5.41) is 20.7. The maximum atomic E-state index is 11.7. The summed E-state index contributed by atoms with van der Waals surface area (Å²) in [5.74, 6) is -0.269. The normalized spacial score (nSPS) is 13.1. The first-order valence-corrected chi connectivity index (χ1v) is 16.0. The van der Waals surface area contributed by atoms with Crippen molar-refractivity contribution < 1.29 is 24.5 Å². The number of aromatic nitrogens is 4. The molecule has 2 unspecified atom stereocenters. The second-order valence-corrected chi connectivity index (χ2v) is 11.5. The van der Waals surface area contributed by atoms with Gasteiger partial charge in [0.25, 0.3) is 0 Å². The molecule has 8 bridgehead atoms. The molecule has 5 aromatic rings. The van der Waals surface area contributed by atoms with Gasteiger partial charge in [-0.3, -0.25) is 4.79 Å². The fourth-order valence-electron chi connectivity index (χ4n) is 5.57. The number of hydrogen-bond donors (Lipinski definition) is 4. The second kappa shape index (κ2) is 15.5. The van der Waals surface area contributed by atoms with Gasteiger partial charge in [0, 0.05) is 28.5 Å². The van der Waals surface area contributed by atoms with E-state index < -0.39 is 6.10 Å². The Bertz CT molecular complexity index is 2020. The quantitative estimate of drug-likeness (QED) is 0.122. The maximum absolute atomic E-state index is 11.7. The molecule has 0 aliphatic carbocycles. The minimum Gasteiger partial charge on any atom is -0.466 e. The fraction of sp³-hybridized carbons (Fsp3) is 0.205. The monoisotopic (exact) mass is 642 g/mol. The van der Waals surface area contributed by atoms with Crippen LogP contribution in [0.5, 0.6) is 0 Å². The molecule has 0 saturated heterocycles. The molecule has 0 radical (unpaired) electrons. The Morgan fingerprint density at radius 2 is 1.31 bits per heavy atom. The van der Waals surface area contributed by atoms with Crippen LogP contribution in [0.25, 0.3) is 57.1 Å². The van der Waals surface area contributed by atoms with Crippen LogP contribution >= 0.6 is 0 Å². The number of esters is 1. The molecule has 2 aliphatic heterocycles. The van der Waals surface area contributed by atoms with Gasteiger partial charge in [-0.15, -0.1) is 0 Å². The van der Waals surface area contributed by atoms with Gasteiger partial charge in [-0.1, -0.05) is 42.5 Å². The Balaban J connectivity index is 0.000000167. The van der Waals surface area contributed by atoms with Crippen molar-refractivity contribution in [2.75, 3.05) is 19.8 Å². The molecular formula is C39H38N4O5. The van der Waals surface area contributed by atoms with Crippen molar-refractivity contribution in [1.82, 2.24) is 19.9 Å². The molecule has 4 N–H and O–H groups in total. The summed E-state index contributed by atoms with van der Waals surface area (Å²) in [6.07, 6.45) is 7.43. The number of nitrogens with zero attached hydrogens (tertiary/aromatic N) is 2. The van der Waals surface area contributed by atoms with E-state index in [1.165, 1.54) is 0 Å². The minimum absolute atomic E-state index is 0.00716. The van der Waals surface area contributed by atoms with Crippen molar-refractivity contribution in [2.24, 2.45) is 0 Å². The van der Waals surface area contributed by atoms with E-state index in [9.17, 15) is 9.90 Å². The van der Waals surface area contributed by atoms with E-state index in [0.717, 1.165) is 61.2 Å². The minimum atomic E-state index is -0.940. The summed E-state index contributed by atoms with van der Waals surface area (Å²) in [7, 11) is 0. The Hall–Kier alpha value is -5.35. The maximum Gasteiger partial charge on any atom is 0.305 e. The number of carbonyl (C=O) groups is 1. The number of aliphatic hydroxyl groups excluding tert-OH is 2. The highest BCUT2D eigenvalue weighted by Gasteiger charge is 2.18. The van der Waals surface area contributed by atoms with Crippen molar-refractivity contribution in [1.29, 1.82) is 0 Å². The van der Waals surface area contributed by atoms with E-state index >= 15 is 0 Å². The molecule has 0 saturated carbocycles. The third kappa shape index (κ3) is 8.51. The van der Waals surface area contributed by atoms with Gasteiger partial charge >= 0.3 is 5.97 Å². The van der Waals surface area contributed by atoms with Gasteiger partial charge in [-0.05, 0) is 103 Å². The Kier molecular flexibility index (Phi) is 10.5. The molecule has 48 heavy (non-hydrogen) atoms. The first kappa shape index (κ1) is 32.6. The van der Waals surface area contributed by atoms with Crippen LogP contribution in [0, 0.1) is 0 Å². The lowest BCUT2D eigenvalue weighted by Gasteiger charge is -2.21. The summed E-state index contributed by atoms with van der Waals surface area (Å²) in [4.78, 5) is 27.7. The largest absolute Gasteiger partial charge is 0.466 e. The summed E-state index contributed by atoms with van der Waals surface area (Å²) in [6, 6.07) is 30.3. The molecule has 9 nitrogen and oxygen atoms in total. The van der Waals surface area contributed by atoms with Crippen LogP contribution in [0.15, 0.2) is 91.0 Å². The van der Waals surface area contributed by atoms with E-state index in [1.807, 2.05) is 85.0 Å². The van der Waals surface area contributed by atoms with Gasteiger partial charge in [-0.25, -0.2) is 9.97 Å². The fourth-order valence-corrected chi connectivity index (χ4v) is 5.57.